The van der Waals surface area contributed by atoms with E-state index in [4.69, 9.17) is 16.8 Å². The van der Waals surface area contributed by atoms with Gasteiger partial charge in [-0.05, 0) is 84.3 Å². The molecule has 1 heteroatoms. The van der Waals surface area contributed by atoms with Crippen LogP contribution in [0, 0.1) is 0 Å². The first-order valence-electron chi connectivity index (χ1n) is 20.9. The Morgan fingerprint density at radius 1 is 0.378 bits per heavy atom. The number of hydrogen-bond donors (Lipinski definition) is 0. The molecule has 0 amide bonds. The van der Waals surface area contributed by atoms with Gasteiger partial charge in [-0.3, -0.25) is 0 Å². The fourth-order valence-corrected chi connectivity index (χ4v) is 6.22. The molecule has 9 rings (SSSR count). The van der Waals surface area contributed by atoms with Crippen molar-refractivity contribution < 1.29 is 22.2 Å². The van der Waals surface area contributed by atoms with E-state index in [2.05, 4.69) is 0 Å². The molecule has 0 aliphatic carbocycles. The zero-order chi connectivity index (χ0) is 41.1. The Kier molecular flexibility index (Phi) is 3.62. The van der Waals surface area contributed by atoms with Crippen LogP contribution in [0.1, 0.15) is 17.8 Å². The topological polar surface area (TPSA) is 13.1 Å². The van der Waals surface area contributed by atoms with Crippen molar-refractivity contribution in [3.63, 3.8) is 0 Å². The number of rotatable bonds is 4. The van der Waals surface area contributed by atoms with Gasteiger partial charge in [0.15, 0.2) is 0 Å². The van der Waals surface area contributed by atoms with Crippen molar-refractivity contribution in [2.24, 2.45) is 0 Å². The second-order valence-corrected chi connectivity index (χ2v) is 10.7. The summed E-state index contributed by atoms with van der Waals surface area (Å²) in [6.07, 6.45) is 0. The fraction of sp³-hybridized carbons (Fsp3) is 0. The molecule has 1 nitrogen and oxygen atoms in total. The van der Waals surface area contributed by atoms with E-state index >= 15 is 0 Å². The molecular weight excluding hydrogens is 544 g/mol. The lowest BCUT2D eigenvalue weighted by atomic mass is 9.85. The molecule has 1 heterocycles. The van der Waals surface area contributed by atoms with Gasteiger partial charge in [0.1, 0.15) is 11.2 Å². The summed E-state index contributed by atoms with van der Waals surface area (Å²) in [5.74, 6) is 0. The van der Waals surface area contributed by atoms with Crippen LogP contribution in [0.2, 0.25) is 0 Å². The minimum absolute atomic E-state index is 0.0473. The Labute approximate surface area is 279 Å². The van der Waals surface area contributed by atoms with Crippen LogP contribution in [0.5, 0.6) is 0 Å². The summed E-state index contributed by atoms with van der Waals surface area (Å²) in [6, 6.07) is 20.4. The van der Waals surface area contributed by atoms with Gasteiger partial charge < -0.3 is 4.42 Å². The molecule has 9 aromatic rings. The highest BCUT2D eigenvalue weighted by molar-refractivity contribution is 6.25. The van der Waals surface area contributed by atoms with E-state index in [1.54, 1.807) is 18.2 Å². The van der Waals surface area contributed by atoms with Gasteiger partial charge in [-0.15, -0.1) is 0 Å². The monoisotopic (exact) mass is 585 g/mol. The molecule has 0 saturated carbocycles. The highest BCUT2D eigenvalue weighted by Crippen LogP contribution is 2.47. The Morgan fingerprint density at radius 2 is 0.933 bits per heavy atom. The molecule has 0 fully saturated rings. The SMILES string of the molecule is [2H]c1c([2H])c([2H])c(-c2c3c([2H])c([2H])c([2H])c([2H])c3c(-c3cccc4oc5ccc(-c6ccc(-c7ccccc7)cc6)cc5c34)c3c([2H])c([2H])c([2H])c([2H])c23)c([2H])c1[2H]. The number of furan rings is 1. The van der Waals surface area contributed by atoms with E-state index in [1.165, 1.54) is 0 Å². The maximum atomic E-state index is 9.35. The molecule has 45 heavy (non-hydrogen) atoms. The van der Waals surface area contributed by atoms with Crippen molar-refractivity contribution in [1.29, 1.82) is 0 Å². The van der Waals surface area contributed by atoms with Crippen LogP contribution >= 0.6 is 0 Å². The van der Waals surface area contributed by atoms with Gasteiger partial charge in [0.05, 0.1) is 17.8 Å². The molecule has 0 aliphatic heterocycles. The molecule has 0 bridgehead atoms. The second kappa shape index (κ2) is 10.4. The maximum absolute atomic E-state index is 9.35. The minimum atomic E-state index is -0.719. The smallest absolute Gasteiger partial charge is 0.136 e. The lowest BCUT2D eigenvalue weighted by Crippen LogP contribution is -1.91. The minimum Gasteiger partial charge on any atom is -0.456 e. The molecule has 0 N–H and O–H groups in total. The summed E-state index contributed by atoms with van der Waals surface area (Å²) in [7, 11) is 0. The van der Waals surface area contributed by atoms with E-state index < -0.39 is 84.1 Å². The summed E-state index contributed by atoms with van der Waals surface area (Å²) in [6.45, 7) is 0. The zero-order valence-electron chi connectivity index (χ0n) is 36.6. The third-order valence-corrected chi connectivity index (χ3v) is 8.21. The molecule has 1 aromatic heterocycles. The third kappa shape index (κ3) is 4.17. The van der Waals surface area contributed by atoms with Gasteiger partial charge >= 0.3 is 0 Å². The van der Waals surface area contributed by atoms with Crippen LogP contribution in [0.4, 0.5) is 0 Å². The van der Waals surface area contributed by atoms with Crippen LogP contribution in [-0.4, -0.2) is 0 Å². The van der Waals surface area contributed by atoms with Crippen LogP contribution in [-0.2, 0) is 0 Å². The number of hydrogen-bond acceptors (Lipinski definition) is 1. The summed E-state index contributed by atoms with van der Waals surface area (Å²) in [5.41, 5.74) is 4.38. The number of fused-ring (bicyclic) bond motifs is 5. The lowest BCUT2D eigenvalue weighted by molar-refractivity contribution is 0.669. The first kappa shape index (κ1) is 15.7. The average molecular weight is 586 g/mol. The van der Waals surface area contributed by atoms with Gasteiger partial charge in [-0.2, -0.15) is 0 Å². The summed E-state index contributed by atoms with van der Waals surface area (Å²) >= 11 is 0. The van der Waals surface area contributed by atoms with E-state index in [1.807, 2.05) is 72.8 Å². The summed E-state index contributed by atoms with van der Waals surface area (Å²) < 4.78 is 122. The van der Waals surface area contributed by atoms with Crippen LogP contribution < -0.4 is 0 Å². The first-order chi connectivity index (χ1) is 27.7. The van der Waals surface area contributed by atoms with Crippen LogP contribution in [0.15, 0.2) is 174 Å². The molecule has 0 aliphatic rings. The van der Waals surface area contributed by atoms with Gasteiger partial charge in [0.25, 0.3) is 0 Å². The van der Waals surface area contributed by atoms with Gasteiger partial charge in [0, 0.05) is 10.8 Å². The van der Waals surface area contributed by atoms with Crippen molar-refractivity contribution in [3.05, 3.63) is 170 Å². The van der Waals surface area contributed by atoms with Gasteiger partial charge in [0.2, 0.25) is 0 Å². The van der Waals surface area contributed by atoms with Crippen molar-refractivity contribution >= 4 is 43.5 Å². The summed E-state index contributed by atoms with van der Waals surface area (Å²) in [4.78, 5) is 0. The fourth-order valence-electron chi connectivity index (χ4n) is 6.22. The average Bonchev–Trinajstić information content (AvgIpc) is 3.63. The standard InChI is InChI=1S/C44H28O/c1-3-12-29(13-4-1)30-22-24-31(25-23-30)33-26-27-40-39(28-33)44-38(20-11-21-41(44)45-40)43-36-18-9-7-16-34(36)42(32-14-5-2-6-15-32)35-17-8-10-19-37(35)43/h1-28H/i2D,5D,6D,7D,8D,9D,10D,14D,15D,16D,17D,18D,19D. The third-order valence-electron chi connectivity index (χ3n) is 8.21. The number of benzene rings is 8. The molecule has 8 aromatic carbocycles. The van der Waals surface area contributed by atoms with Crippen molar-refractivity contribution in [3.8, 4) is 44.5 Å². The molecular formula is C44H28O. The Bertz CT molecular complexity index is 3140. The lowest BCUT2D eigenvalue weighted by Gasteiger charge is -2.18. The van der Waals surface area contributed by atoms with Crippen LogP contribution in [0.3, 0.4) is 0 Å². The quantitative estimate of drug-likeness (QED) is 0.187. The summed E-state index contributed by atoms with van der Waals surface area (Å²) in [5, 5.41) is 0.313. The molecule has 0 spiro atoms. The maximum Gasteiger partial charge on any atom is 0.136 e. The van der Waals surface area contributed by atoms with Crippen LogP contribution in [0.25, 0.3) is 88.0 Å². The normalized spacial score (nSPS) is 15.6. The Morgan fingerprint density at radius 3 is 1.60 bits per heavy atom. The van der Waals surface area contributed by atoms with Crippen molar-refractivity contribution in [2.45, 2.75) is 0 Å². The molecule has 0 atom stereocenters. The Balaban J connectivity index is 1.46. The van der Waals surface area contributed by atoms with E-state index in [0.717, 1.165) is 22.3 Å². The first-order valence-corrected chi connectivity index (χ1v) is 14.4. The van der Waals surface area contributed by atoms with E-state index in [0.29, 0.717) is 27.5 Å². The molecule has 0 saturated heterocycles. The highest BCUT2D eigenvalue weighted by Gasteiger charge is 2.20. The van der Waals surface area contributed by atoms with E-state index in [-0.39, 0.29) is 32.7 Å². The zero-order valence-corrected chi connectivity index (χ0v) is 23.6. The molecule has 0 unspecified atom stereocenters. The molecule has 0 radical (unpaired) electrons. The predicted octanol–water partition coefficient (Wildman–Crippen LogP) is 12.6. The Hall–Kier alpha value is -5.92. The molecule has 210 valence electrons. The van der Waals surface area contributed by atoms with Crippen molar-refractivity contribution in [1.82, 2.24) is 0 Å². The van der Waals surface area contributed by atoms with Gasteiger partial charge in [-0.25, -0.2) is 0 Å². The predicted molar refractivity (Wildman–Crippen MR) is 190 cm³/mol. The van der Waals surface area contributed by atoms with E-state index in [9.17, 15) is 5.48 Å². The van der Waals surface area contributed by atoms with Crippen molar-refractivity contribution in [2.75, 3.05) is 0 Å². The van der Waals surface area contributed by atoms with Gasteiger partial charge in [-0.1, -0.05) is 151 Å². The highest BCUT2D eigenvalue weighted by atomic mass is 16.3. The largest absolute Gasteiger partial charge is 0.456 e. The second-order valence-electron chi connectivity index (χ2n) is 10.7.